The summed E-state index contributed by atoms with van der Waals surface area (Å²) in [6, 6.07) is 2.74. The predicted octanol–water partition coefficient (Wildman–Crippen LogP) is 3.79. The van der Waals surface area contributed by atoms with Crippen molar-refractivity contribution in [3.63, 3.8) is 0 Å². The van der Waals surface area contributed by atoms with Gasteiger partial charge < -0.3 is 9.73 Å². The summed E-state index contributed by atoms with van der Waals surface area (Å²) in [4.78, 5) is 0. The molecule has 0 saturated heterocycles. The Kier molecular flexibility index (Phi) is 4.46. The summed E-state index contributed by atoms with van der Waals surface area (Å²) in [5.41, 5.74) is 1.26. The van der Waals surface area contributed by atoms with Gasteiger partial charge >= 0.3 is 0 Å². The molecule has 0 unspecified atom stereocenters. The van der Waals surface area contributed by atoms with Gasteiger partial charge in [0.1, 0.15) is 5.76 Å². The first-order chi connectivity index (χ1) is 7.86. The monoisotopic (exact) mass is 221 g/mol. The molecule has 0 aromatic carbocycles. The van der Waals surface area contributed by atoms with E-state index in [0.717, 1.165) is 12.3 Å². The second-order valence-corrected chi connectivity index (χ2v) is 4.95. The molecule has 16 heavy (non-hydrogen) atoms. The molecule has 2 nitrogen and oxygen atoms in total. The summed E-state index contributed by atoms with van der Waals surface area (Å²) >= 11 is 0. The van der Waals surface area contributed by atoms with Crippen LogP contribution in [0.3, 0.4) is 0 Å². The molecule has 90 valence electrons. The minimum atomic E-state index is 0.699. The van der Waals surface area contributed by atoms with E-state index >= 15 is 0 Å². The van der Waals surface area contributed by atoms with Gasteiger partial charge in [-0.3, -0.25) is 0 Å². The average molecular weight is 221 g/mol. The lowest BCUT2D eigenvalue weighted by atomic mass is 9.97. The summed E-state index contributed by atoms with van der Waals surface area (Å²) in [5, 5.41) is 3.64. The van der Waals surface area contributed by atoms with Crippen molar-refractivity contribution in [1.29, 1.82) is 0 Å². The molecule has 0 spiro atoms. The third-order valence-electron chi connectivity index (χ3n) is 3.62. The molecule has 1 aromatic rings. The van der Waals surface area contributed by atoms with E-state index in [4.69, 9.17) is 4.42 Å². The van der Waals surface area contributed by atoms with Crippen molar-refractivity contribution in [2.24, 2.45) is 0 Å². The van der Waals surface area contributed by atoms with Crippen LogP contribution in [0.1, 0.15) is 56.3 Å². The Labute approximate surface area is 98.4 Å². The van der Waals surface area contributed by atoms with Gasteiger partial charge in [0.2, 0.25) is 0 Å². The highest BCUT2D eigenvalue weighted by Gasteiger charge is 2.11. The van der Waals surface area contributed by atoms with Gasteiger partial charge in [-0.25, -0.2) is 0 Å². The zero-order chi connectivity index (χ0) is 11.2. The number of rotatable bonds is 3. The van der Waals surface area contributed by atoms with Crippen LogP contribution in [0.4, 0.5) is 0 Å². The molecule has 0 radical (unpaired) electrons. The minimum absolute atomic E-state index is 0.699. The predicted molar refractivity (Wildman–Crippen MR) is 66.4 cm³/mol. The fraction of sp³-hybridized carbons (Fsp3) is 0.714. The molecule has 1 aliphatic carbocycles. The van der Waals surface area contributed by atoms with Crippen molar-refractivity contribution in [3.8, 4) is 0 Å². The zero-order valence-electron chi connectivity index (χ0n) is 10.3. The smallest absolute Gasteiger partial charge is 0.120 e. The van der Waals surface area contributed by atoms with Crippen LogP contribution in [0.5, 0.6) is 0 Å². The van der Waals surface area contributed by atoms with E-state index < -0.39 is 0 Å². The quantitative estimate of drug-likeness (QED) is 0.840. The van der Waals surface area contributed by atoms with Gasteiger partial charge in [0.15, 0.2) is 0 Å². The Morgan fingerprint density at radius 3 is 2.50 bits per heavy atom. The summed E-state index contributed by atoms with van der Waals surface area (Å²) in [6.45, 7) is 3.00. The standard InChI is InChI=1S/C14H23NO/c1-12-9-10-16-14(12)11-15-13-7-5-3-2-4-6-8-13/h9-10,13,15H,2-8,11H2,1H3. The van der Waals surface area contributed by atoms with Crippen molar-refractivity contribution in [3.05, 3.63) is 23.7 Å². The van der Waals surface area contributed by atoms with Gasteiger partial charge in [-0.15, -0.1) is 0 Å². The van der Waals surface area contributed by atoms with E-state index in [1.807, 2.05) is 6.07 Å². The highest BCUT2D eigenvalue weighted by Crippen LogP contribution is 2.18. The Bertz CT molecular complexity index is 297. The molecule has 0 amide bonds. The third kappa shape index (κ3) is 3.38. The van der Waals surface area contributed by atoms with Crippen LogP contribution < -0.4 is 5.32 Å². The van der Waals surface area contributed by atoms with Crippen LogP contribution >= 0.6 is 0 Å². The fourth-order valence-corrected chi connectivity index (χ4v) is 2.48. The number of nitrogens with one attached hydrogen (secondary N) is 1. The summed E-state index contributed by atoms with van der Waals surface area (Å²) in [7, 11) is 0. The molecular formula is C14H23NO. The maximum Gasteiger partial charge on any atom is 0.120 e. The van der Waals surface area contributed by atoms with Gasteiger partial charge in [-0.05, 0) is 31.4 Å². The van der Waals surface area contributed by atoms with Crippen LogP contribution in [-0.2, 0) is 6.54 Å². The second-order valence-electron chi connectivity index (χ2n) is 4.95. The van der Waals surface area contributed by atoms with Crippen LogP contribution in [0, 0.1) is 6.92 Å². The molecule has 1 fully saturated rings. The van der Waals surface area contributed by atoms with E-state index in [-0.39, 0.29) is 0 Å². The highest BCUT2D eigenvalue weighted by molar-refractivity contribution is 5.14. The highest BCUT2D eigenvalue weighted by atomic mass is 16.3. The lowest BCUT2D eigenvalue weighted by Crippen LogP contribution is -2.29. The van der Waals surface area contributed by atoms with E-state index in [0.29, 0.717) is 6.04 Å². The molecule has 0 aliphatic heterocycles. The molecule has 1 saturated carbocycles. The van der Waals surface area contributed by atoms with Crippen LogP contribution in [0.2, 0.25) is 0 Å². The molecule has 0 atom stereocenters. The van der Waals surface area contributed by atoms with Gasteiger partial charge in [-0.2, -0.15) is 0 Å². The second kappa shape index (κ2) is 6.09. The van der Waals surface area contributed by atoms with E-state index in [2.05, 4.69) is 12.2 Å². The Morgan fingerprint density at radius 2 is 1.88 bits per heavy atom. The molecule has 1 aliphatic rings. The maximum atomic E-state index is 5.45. The SMILES string of the molecule is Cc1ccoc1CNC1CCCCCCC1. The van der Waals surface area contributed by atoms with Crippen molar-refractivity contribution in [1.82, 2.24) is 5.32 Å². The van der Waals surface area contributed by atoms with Crippen LogP contribution in [-0.4, -0.2) is 6.04 Å². The largest absolute Gasteiger partial charge is 0.468 e. The third-order valence-corrected chi connectivity index (χ3v) is 3.62. The zero-order valence-corrected chi connectivity index (χ0v) is 10.3. The van der Waals surface area contributed by atoms with Crippen LogP contribution in [0.25, 0.3) is 0 Å². The number of furan rings is 1. The average Bonchev–Trinajstić information content (AvgIpc) is 2.63. The van der Waals surface area contributed by atoms with Crippen molar-refractivity contribution in [2.75, 3.05) is 0 Å². The lowest BCUT2D eigenvalue weighted by molar-refractivity contribution is 0.370. The normalized spacial score (nSPS) is 19.3. The number of hydrogen-bond donors (Lipinski definition) is 1. The van der Waals surface area contributed by atoms with Crippen LogP contribution in [0.15, 0.2) is 16.7 Å². The van der Waals surface area contributed by atoms with E-state index in [1.165, 1.54) is 50.5 Å². The lowest BCUT2D eigenvalue weighted by Gasteiger charge is -2.20. The van der Waals surface area contributed by atoms with Gasteiger partial charge in [-0.1, -0.05) is 32.1 Å². The first-order valence-corrected chi connectivity index (χ1v) is 6.62. The van der Waals surface area contributed by atoms with E-state index in [1.54, 1.807) is 6.26 Å². The Balaban J connectivity index is 1.77. The Hall–Kier alpha value is -0.760. The van der Waals surface area contributed by atoms with E-state index in [9.17, 15) is 0 Å². The minimum Gasteiger partial charge on any atom is -0.468 e. The fourth-order valence-electron chi connectivity index (χ4n) is 2.48. The number of hydrogen-bond acceptors (Lipinski definition) is 2. The first-order valence-electron chi connectivity index (χ1n) is 6.62. The number of aryl methyl sites for hydroxylation is 1. The molecule has 1 aromatic heterocycles. The molecular weight excluding hydrogens is 198 g/mol. The molecule has 2 heteroatoms. The van der Waals surface area contributed by atoms with Gasteiger partial charge in [0.25, 0.3) is 0 Å². The summed E-state index contributed by atoms with van der Waals surface area (Å²) in [5.74, 6) is 1.10. The molecule has 2 rings (SSSR count). The molecule has 1 heterocycles. The maximum absolute atomic E-state index is 5.45. The van der Waals surface area contributed by atoms with Gasteiger partial charge in [0, 0.05) is 6.04 Å². The van der Waals surface area contributed by atoms with Crippen molar-refractivity contribution < 1.29 is 4.42 Å². The molecule has 1 N–H and O–H groups in total. The van der Waals surface area contributed by atoms with Crippen molar-refractivity contribution >= 4 is 0 Å². The topological polar surface area (TPSA) is 25.2 Å². The molecule has 0 bridgehead atoms. The first kappa shape index (κ1) is 11.7. The van der Waals surface area contributed by atoms with Gasteiger partial charge in [0.05, 0.1) is 12.8 Å². The van der Waals surface area contributed by atoms with Crippen molar-refractivity contribution in [2.45, 2.75) is 64.5 Å². The summed E-state index contributed by atoms with van der Waals surface area (Å²) in [6.07, 6.45) is 11.5. The summed E-state index contributed by atoms with van der Waals surface area (Å²) < 4.78 is 5.45. The Morgan fingerprint density at radius 1 is 1.19 bits per heavy atom.